The van der Waals surface area contributed by atoms with Crippen LogP contribution in [0.3, 0.4) is 0 Å². The first kappa shape index (κ1) is 19.7. The Balaban J connectivity index is 1.68. The van der Waals surface area contributed by atoms with E-state index in [0.717, 1.165) is 18.0 Å². The summed E-state index contributed by atoms with van der Waals surface area (Å²) in [5.41, 5.74) is 2.43. The van der Waals surface area contributed by atoms with Crippen LogP contribution >= 0.6 is 0 Å². The van der Waals surface area contributed by atoms with Crippen LogP contribution in [0, 0.1) is 5.92 Å². The molecule has 0 saturated carbocycles. The molecular weight excluding hydrogens is 314 g/mol. The highest BCUT2D eigenvalue weighted by atomic mass is 16.3. The molecule has 1 fully saturated rings. The molecule has 1 saturated heterocycles. The van der Waals surface area contributed by atoms with Crippen molar-refractivity contribution in [3.63, 3.8) is 0 Å². The zero-order chi connectivity index (χ0) is 18.1. The summed E-state index contributed by atoms with van der Waals surface area (Å²) in [6.07, 6.45) is 3.61. The Hall–Kier alpha value is -1.59. The van der Waals surface area contributed by atoms with Gasteiger partial charge in [-0.2, -0.15) is 0 Å². The number of nitrogens with one attached hydrogen (secondary N) is 2. The van der Waals surface area contributed by atoms with Gasteiger partial charge >= 0.3 is 6.03 Å². The maximum Gasteiger partial charge on any atom is 0.315 e. The summed E-state index contributed by atoms with van der Waals surface area (Å²) in [6.45, 7) is 8.67. The molecule has 0 aliphatic carbocycles. The minimum Gasteiger partial charge on any atom is -0.393 e. The van der Waals surface area contributed by atoms with Gasteiger partial charge in [0, 0.05) is 26.2 Å². The SMILES string of the molecule is CCC(O)CCNC(=O)NCc1ccc(CN2CCCC(C)C2)cc1. The number of carbonyl (C=O) groups excluding carboxylic acids is 1. The second kappa shape index (κ2) is 10.4. The lowest BCUT2D eigenvalue weighted by Crippen LogP contribution is -2.36. The Bertz CT molecular complexity index is 518. The Morgan fingerprint density at radius 1 is 1.28 bits per heavy atom. The van der Waals surface area contributed by atoms with Crippen LogP contribution in [0.4, 0.5) is 4.79 Å². The van der Waals surface area contributed by atoms with Gasteiger partial charge in [0.2, 0.25) is 0 Å². The second-order valence-electron chi connectivity index (χ2n) is 7.26. The number of amides is 2. The lowest BCUT2D eigenvalue weighted by molar-refractivity contribution is 0.160. The van der Waals surface area contributed by atoms with Gasteiger partial charge < -0.3 is 15.7 Å². The Morgan fingerprint density at radius 2 is 2.00 bits per heavy atom. The van der Waals surface area contributed by atoms with E-state index in [0.29, 0.717) is 25.9 Å². The third-order valence-corrected chi connectivity index (χ3v) is 4.86. The first-order chi connectivity index (χ1) is 12.1. The number of nitrogens with zero attached hydrogens (tertiary/aromatic N) is 1. The van der Waals surface area contributed by atoms with Crippen molar-refractivity contribution in [1.29, 1.82) is 0 Å². The lowest BCUT2D eigenvalue weighted by atomic mass is 9.99. The summed E-state index contributed by atoms with van der Waals surface area (Å²) in [4.78, 5) is 14.3. The number of hydrogen-bond acceptors (Lipinski definition) is 3. The van der Waals surface area contributed by atoms with Crippen molar-refractivity contribution >= 4 is 6.03 Å². The predicted molar refractivity (Wildman–Crippen MR) is 101 cm³/mol. The smallest absolute Gasteiger partial charge is 0.315 e. The van der Waals surface area contributed by atoms with Crippen molar-refractivity contribution < 1.29 is 9.90 Å². The Labute approximate surface area is 151 Å². The minimum atomic E-state index is -0.337. The molecule has 0 aromatic heterocycles. The molecule has 2 atom stereocenters. The van der Waals surface area contributed by atoms with Crippen molar-refractivity contribution in [2.75, 3.05) is 19.6 Å². The van der Waals surface area contributed by atoms with Crippen LogP contribution in [0.15, 0.2) is 24.3 Å². The Kier molecular flexibility index (Phi) is 8.22. The number of hydrogen-bond donors (Lipinski definition) is 3. The second-order valence-corrected chi connectivity index (χ2v) is 7.26. The molecule has 2 rings (SSSR count). The van der Waals surface area contributed by atoms with Crippen molar-refractivity contribution in [1.82, 2.24) is 15.5 Å². The van der Waals surface area contributed by atoms with Crippen molar-refractivity contribution in [2.24, 2.45) is 5.92 Å². The topological polar surface area (TPSA) is 64.6 Å². The van der Waals surface area contributed by atoms with Crippen LogP contribution in [0.1, 0.15) is 50.7 Å². The molecular formula is C20H33N3O2. The average Bonchev–Trinajstić information content (AvgIpc) is 2.61. The van der Waals surface area contributed by atoms with Gasteiger partial charge in [-0.15, -0.1) is 0 Å². The summed E-state index contributed by atoms with van der Waals surface area (Å²) < 4.78 is 0. The van der Waals surface area contributed by atoms with Crippen LogP contribution in [0.5, 0.6) is 0 Å². The fourth-order valence-corrected chi connectivity index (χ4v) is 3.25. The molecule has 5 heteroatoms. The normalized spacial score (nSPS) is 19.4. The largest absolute Gasteiger partial charge is 0.393 e. The number of likely N-dealkylation sites (tertiary alicyclic amines) is 1. The molecule has 1 aliphatic heterocycles. The summed E-state index contributed by atoms with van der Waals surface area (Å²) in [5.74, 6) is 0.800. The molecule has 1 aromatic carbocycles. The number of aliphatic hydroxyl groups excluding tert-OH is 1. The monoisotopic (exact) mass is 347 g/mol. The fraction of sp³-hybridized carbons (Fsp3) is 0.650. The lowest BCUT2D eigenvalue weighted by Gasteiger charge is -2.30. The van der Waals surface area contributed by atoms with E-state index in [2.05, 4.69) is 46.7 Å². The van der Waals surface area contributed by atoms with Crippen LogP contribution in [-0.2, 0) is 13.1 Å². The molecule has 140 valence electrons. The molecule has 0 bridgehead atoms. The van der Waals surface area contributed by atoms with E-state index in [1.807, 2.05) is 6.92 Å². The first-order valence-corrected chi connectivity index (χ1v) is 9.56. The fourth-order valence-electron chi connectivity index (χ4n) is 3.25. The van der Waals surface area contributed by atoms with E-state index < -0.39 is 0 Å². The predicted octanol–water partition coefficient (Wildman–Crippen LogP) is 2.88. The standard InChI is InChI=1S/C20H33N3O2/c1-3-19(24)10-11-21-20(25)22-13-17-6-8-18(9-7-17)15-23-12-4-5-16(2)14-23/h6-9,16,19,24H,3-5,10-15H2,1-2H3,(H2,21,22,25). The number of benzene rings is 1. The number of piperidine rings is 1. The zero-order valence-corrected chi connectivity index (χ0v) is 15.6. The van der Waals surface area contributed by atoms with Gasteiger partial charge in [-0.3, -0.25) is 4.90 Å². The van der Waals surface area contributed by atoms with Crippen molar-refractivity contribution in [3.8, 4) is 0 Å². The molecule has 1 aliphatic rings. The molecule has 0 spiro atoms. The summed E-state index contributed by atoms with van der Waals surface area (Å²) >= 11 is 0. The molecule has 2 unspecified atom stereocenters. The maximum absolute atomic E-state index is 11.7. The third-order valence-electron chi connectivity index (χ3n) is 4.86. The van der Waals surface area contributed by atoms with Gasteiger partial charge in [0.25, 0.3) is 0 Å². The zero-order valence-electron chi connectivity index (χ0n) is 15.6. The number of aliphatic hydroxyl groups is 1. The van der Waals surface area contributed by atoms with Crippen LogP contribution in [0.25, 0.3) is 0 Å². The minimum absolute atomic E-state index is 0.185. The molecule has 1 heterocycles. The van der Waals surface area contributed by atoms with Gasteiger partial charge in [0.05, 0.1) is 6.10 Å². The highest BCUT2D eigenvalue weighted by Crippen LogP contribution is 2.18. The number of rotatable bonds is 8. The molecule has 3 N–H and O–H groups in total. The summed E-state index contributed by atoms with van der Waals surface area (Å²) in [5, 5.41) is 15.1. The van der Waals surface area contributed by atoms with Gasteiger partial charge in [-0.1, -0.05) is 38.1 Å². The quantitative estimate of drug-likeness (QED) is 0.677. The highest BCUT2D eigenvalue weighted by Gasteiger charge is 2.16. The van der Waals surface area contributed by atoms with Crippen LogP contribution < -0.4 is 10.6 Å². The number of urea groups is 1. The number of carbonyl (C=O) groups is 1. The molecule has 1 aromatic rings. The van der Waals surface area contributed by atoms with Gasteiger partial charge in [0.1, 0.15) is 0 Å². The van der Waals surface area contributed by atoms with E-state index in [1.165, 1.54) is 31.5 Å². The van der Waals surface area contributed by atoms with Crippen molar-refractivity contribution in [2.45, 2.75) is 58.7 Å². The van der Waals surface area contributed by atoms with E-state index in [1.54, 1.807) is 0 Å². The van der Waals surface area contributed by atoms with Crippen molar-refractivity contribution in [3.05, 3.63) is 35.4 Å². The van der Waals surface area contributed by atoms with Crippen LogP contribution in [0.2, 0.25) is 0 Å². The highest BCUT2D eigenvalue weighted by molar-refractivity contribution is 5.73. The van der Waals surface area contributed by atoms with Gasteiger partial charge in [-0.05, 0) is 49.3 Å². The molecule has 25 heavy (non-hydrogen) atoms. The van der Waals surface area contributed by atoms with Crippen LogP contribution in [-0.4, -0.2) is 41.8 Å². The van der Waals surface area contributed by atoms with E-state index in [4.69, 9.17) is 0 Å². The summed E-state index contributed by atoms with van der Waals surface area (Å²) in [6, 6.07) is 8.31. The van der Waals surface area contributed by atoms with E-state index in [9.17, 15) is 9.90 Å². The van der Waals surface area contributed by atoms with E-state index >= 15 is 0 Å². The Morgan fingerprint density at radius 3 is 2.68 bits per heavy atom. The average molecular weight is 348 g/mol. The molecule has 5 nitrogen and oxygen atoms in total. The summed E-state index contributed by atoms with van der Waals surface area (Å²) in [7, 11) is 0. The maximum atomic E-state index is 11.7. The molecule has 2 amide bonds. The molecule has 0 radical (unpaired) electrons. The van der Waals surface area contributed by atoms with Gasteiger partial charge in [0.15, 0.2) is 0 Å². The van der Waals surface area contributed by atoms with E-state index in [-0.39, 0.29) is 12.1 Å². The third kappa shape index (κ3) is 7.45. The van der Waals surface area contributed by atoms with Gasteiger partial charge in [-0.25, -0.2) is 4.79 Å². The first-order valence-electron chi connectivity index (χ1n) is 9.56.